The van der Waals surface area contributed by atoms with Crippen molar-refractivity contribution in [1.29, 1.82) is 0 Å². The van der Waals surface area contributed by atoms with E-state index in [1.54, 1.807) is 18.9 Å². The van der Waals surface area contributed by atoms with Gasteiger partial charge in [0.1, 0.15) is 11.3 Å². The number of ether oxygens (including phenoxy) is 1. The molecule has 0 spiro atoms. The zero-order valence-electron chi connectivity index (χ0n) is 9.92. The van der Waals surface area contributed by atoms with Crippen molar-refractivity contribution in [1.82, 2.24) is 0 Å². The van der Waals surface area contributed by atoms with Gasteiger partial charge in [-0.25, -0.2) is 0 Å². The van der Waals surface area contributed by atoms with Gasteiger partial charge in [-0.3, -0.25) is 0 Å². The maximum Gasteiger partial charge on any atom is 0.166 e. The summed E-state index contributed by atoms with van der Waals surface area (Å²) in [6.07, 6.45) is 0. The summed E-state index contributed by atoms with van der Waals surface area (Å²) in [6, 6.07) is 18.0. The molecule has 0 saturated carbocycles. The van der Waals surface area contributed by atoms with E-state index in [1.165, 1.54) is 4.90 Å². The minimum absolute atomic E-state index is 0.847. The molecule has 3 aromatic rings. The molecule has 0 bridgehead atoms. The molecule has 2 nitrogen and oxygen atoms in total. The Bertz CT molecular complexity index is 659. The third kappa shape index (κ3) is 2.22. The van der Waals surface area contributed by atoms with E-state index < -0.39 is 0 Å². The standard InChI is InChI=1S/C15H12O2S/c1-16-12-7-8-14-11(9-12)10-15(17-14)18-13-5-3-2-4-6-13/h2-10H,1H3. The number of methoxy groups -OCH3 is 1. The van der Waals surface area contributed by atoms with Gasteiger partial charge in [0.2, 0.25) is 0 Å². The lowest BCUT2D eigenvalue weighted by atomic mass is 10.2. The second-order valence-corrected chi connectivity index (χ2v) is 4.96. The maximum absolute atomic E-state index is 5.78. The summed E-state index contributed by atoms with van der Waals surface area (Å²) in [4.78, 5) is 1.17. The predicted molar refractivity (Wildman–Crippen MR) is 73.3 cm³/mol. The SMILES string of the molecule is COc1ccc2oc(Sc3ccccc3)cc2c1. The van der Waals surface area contributed by atoms with E-state index in [0.717, 1.165) is 21.8 Å². The molecule has 0 radical (unpaired) electrons. The van der Waals surface area contributed by atoms with Crippen molar-refractivity contribution in [3.63, 3.8) is 0 Å². The highest BCUT2D eigenvalue weighted by atomic mass is 32.2. The fraction of sp³-hybridized carbons (Fsp3) is 0.0667. The zero-order valence-corrected chi connectivity index (χ0v) is 10.7. The molecule has 2 aromatic carbocycles. The van der Waals surface area contributed by atoms with Crippen molar-refractivity contribution in [2.75, 3.05) is 7.11 Å². The van der Waals surface area contributed by atoms with Crippen molar-refractivity contribution in [2.45, 2.75) is 9.99 Å². The Morgan fingerprint density at radius 3 is 2.61 bits per heavy atom. The summed E-state index contributed by atoms with van der Waals surface area (Å²) in [5, 5.41) is 1.96. The van der Waals surface area contributed by atoms with Gasteiger partial charge in [0.15, 0.2) is 5.09 Å². The number of hydrogen-bond acceptors (Lipinski definition) is 3. The number of furan rings is 1. The van der Waals surface area contributed by atoms with Crippen LogP contribution < -0.4 is 4.74 Å². The van der Waals surface area contributed by atoms with Gasteiger partial charge in [0, 0.05) is 10.3 Å². The van der Waals surface area contributed by atoms with E-state index in [1.807, 2.05) is 42.5 Å². The summed E-state index contributed by atoms with van der Waals surface area (Å²) in [5.74, 6) is 0.847. The zero-order chi connectivity index (χ0) is 12.4. The normalized spacial score (nSPS) is 10.7. The van der Waals surface area contributed by atoms with Crippen LogP contribution in [-0.2, 0) is 0 Å². The van der Waals surface area contributed by atoms with Crippen LogP contribution in [0.2, 0.25) is 0 Å². The van der Waals surface area contributed by atoms with Crippen molar-refractivity contribution in [3.8, 4) is 5.75 Å². The van der Waals surface area contributed by atoms with Crippen LogP contribution in [-0.4, -0.2) is 7.11 Å². The number of fused-ring (bicyclic) bond motifs is 1. The highest BCUT2D eigenvalue weighted by Crippen LogP contribution is 2.33. The lowest BCUT2D eigenvalue weighted by Gasteiger charge is -1.96. The van der Waals surface area contributed by atoms with E-state index >= 15 is 0 Å². The summed E-state index contributed by atoms with van der Waals surface area (Å²) in [7, 11) is 1.67. The molecule has 0 amide bonds. The van der Waals surface area contributed by atoms with Crippen LogP contribution in [0.15, 0.2) is 69.0 Å². The first-order valence-corrected chi connectivity index (χ1v) is 6.47. The summed E-state index contributed by atoms with van der Waals surface area (Å²) >= 11 is 1.62. The average molecular weight is 256 g/mol. The molecule has 0 fully saturated rings. The molecule has 0 atom stereocenters. The molecular formula is C15H12O2S. The minimum Gasteiger partial charge on any atom is -0.497 e. The van der Waals surface area contributed by atoms with Gasteiger partial charge >= 0.3 is 0 Å². The largest absolute Gasteiger partial charge is 0.497 e. The molecule has 0 N–H and O–H groups in total. The predicted octanol–water partition coefficient (Wildman–Crippen LogP) is 4.59. The molecule has 90 valence electrons. The van der Waals surface area contributed by atoms with Gasteiger partial charge < -0.3 is 9.15 Å². The van der Waals surface area contributed by atoms with Crippen LogP contribution in [0.5, 0.6) is 5.75 Å². The molecule has 1 heterocycles. The topological polar surface area (TPSA) is 22.4 Å². The van der Waals surface area contributed by atoms with E-state index in [9.17, 15) is 0 Å². The quantitative estimate of drug-likeness (QED) is 0.684. The van der Waals surface area contributed by atoms with Gasteiger partial charge in [-0.05, 0) is 36.4 Å². The second-order valence-electron chi connectivity index (χ2n) is 3.88. The van der Waals surface area contributed by atoms with E-state index in [4.69, 9.17) is 9.15 Å². The number of rotatable bonds is 3. The average Bonchev–Trinajstić information content (AvgIpc) is 2.80. The third-order valence-electron chi connectivity index (χ3n) is 2.66. The highest BCUT2D eigenvalue weighted by molar-refractivity contribution is 7.99. The van der Waals surface area contributed by atoms with Gasteiger partial charge in [-0.2, -0.15) is 0 Å². The third-order valence-corrected chi connectivity index (χ3v) is 3.57. The van der Waals surface area contributed by atoms with Crippen molar-refractivity contribution < 1.29 is 9.15 Å². The first-order chi connectivity index (χ1) is 8.85. The van der Waals surface area contributed by atoms with Gasteiger partial charge in [-0.1, -0.05) is 30.0 Å². The van der Waals surface area contributed by atoms with Gasteiger partial charge in [0.05, 0.1) is 7.11 Å². The fourth-order valence-corrected chi connectivity index (χ4v) is 2.62. The van der Waals surface area contributed by atoms with Crippen molar-refractivity contribution in [3.05, 3.63) is 54.6 Å². The van der Waals surface area contributed by atoms with Crippen LogP contribution >= 0.6 is 11.8 Å². The van der Waals surface area contributed by atoms with E-state index in [2.05, 4.69) is 12.1 Å². The molecule has 3 rings (SSSR count). The smallest absolute Gasteiger partial charge is 0.166 e. The number of benzene rings is 2. The Morgan fingerprint density at radius 1 is 1.00 bits per heavy atom. The van der Waals surface area contributed by atoms with Crippen LogP contribution in [0, 0.1) is 0 Å². The lowest BCUT2D eigenvalue weighted by molar-refractivity contribution is 0.415. The van der Waals surface area contributed by atoms with Crippen LogP contribution in [0.1, 0.15) is 0 Å². The summed E-state index contributed by atoms with van der Waals surface area (Å²) < 4.78 is 11.0. The van der Waals surface area contributed by atoms with E-state index in [-0.39, 0.29) is 0 Å². The Kier molecular flexibility index (Phi) is 2.99. The number of hydrogen-bond donors (Lipinski definition) is 0. The monoisotopic (exact) mass is 256 g/mol. The second kappa shape index (κ2) is 4.78. The molecule has 0 aliphatic carbocycles. The van der Waals surface area contributed by atoms with Crippen molar-refractivity contribution >= 4 is 22.7 Å². The van der Waals surface area contributed by atoms with Crippen molar-refractivity contribution in [2.24, 2.45) is 0 Å². The van der Waals surface area contributed by atoms with E-state index in [0.29, 0.717) is 0 Å². The molecule has 18 heavy (non-hydrogen) atoms. The van der Waals surface area contributed by atoms with Gasteiger partial charge in [0.25, 0.3) is 0 Å². The highest BCUT2D eigenvalue weighted by Gasteiger charge is 2.06. The molecule has 1 aromatic heterocycles. The summed E-state index contributed by atoms with van der Waals surface area (Å²) in [5.41, 5.74) is 0.884. The fourth-order valence-electron chi connectivity index (χ4n) is 1.78. The molecule has 0 unspecified atom stereocenters. The lowest BCUT2D eigenvalue weighted by Crippen LogP contribution is -1.79. The van der Waals surface area contributed by atoms with Crippen LogP contribution in [0.4, 0.5) is 0 Å². The Labute approximate surface area is 110 Å². The van der Waals surface area contributed by atoms with Crippen LogP contribution in [0.25, 0.3) is 11.0 Å². The molecular weight excluding hydrogens is 244 g/mol. The first-order valence-electron chi connectivity index (χ1n) is 5.65. The Hall–Kier alpha value is -1.87. The maximum atomic E-state index is 5.78. The Balaban J connectivity index is 1.94. The van der Waals surface area contributed by atoms with Crippen LogP contribution in [0.3, 0.4) is 0 Å². The molecule has 0 aliphatic rings. The molecule has 0 saturated heterocycles. The molecule has 3 heteroatoms. The molecule has 0 aliphatic heterocycles. The Morgan fingerprint density at radius 2 is 1.83 bits per heavy atom. The minimum atomic E-state index is 0.847. The first kappa shape index (κ1) is 11.2. The van der Waals surface area contributed by atoms with Gasteiger partial charge in [-0.15, -0.1) is 0 Å². The summed E-state index contributed by atoms with van der Waals surface area (Å²) in [6.45, 7) is 0.